The molecule has 1 aliphatic rings. The van der Waals surface area contributed by atoms with Gasteiger partial charge in [0.15, 0.2) is 0 Å². The molecule has 1 aromatic rings. The fraction of sp³-hybridized carbons (Fsp3) is 0.700. The quantitative estimate of drug-likeness (QED) is 0.644. The molecule has 0 amide bonds. The number of hydrogen-bond donors (Lipinski definition) is 1. The largest absolute Gasteiger partial charge is 0.488 e. The fourth-order valence-corrected chi connectivity index (χ4v) is 3.25. The van der Waals surface area contributed by atoms with Crippen molar-refractivity contribution in [2.45, 2.75) is 65.0 Å². The SMILES string of the molecule is CCCCC[C@H](c1ccc(OC(C)(C)C)cc1)N1CCNCC1.Cl.Cl. The smallest absolute Gasteiger partial charge is 0.120 e. The van der Waals surface area contributed by atoms with Crippen LogP contribution in [-0.2, 0) is 0 Å². The van der Waals surface area contributed by atoms with Gasteiger partial charge in [0, 0.05) is 32.2 Å². The predicted octanol–water partition coefficient (Wildman–Crippen LogP) is 5.23. The van der Waals surface area contributed by atoms with Gasteiger partial charge >= 0.3 is 0 Å². The first-order chi connectivity index (χ1) is 11.0. The van der Waals surface area contributed by atoms with E-state index in [9.17, 15) is 0 Å². The lowest BCUT2D eigenvalue weighted by Gasteiger charge is -2.35. The monoisotopic (exact) mass is 390 g/mol. The second kappa shape index (κ2) is 12.0. The molecule has 0 saturated carbocycles. The third-order valence-corrected chi connectivity index (χ3v) is 4.36. The minimum Gasteiger partial charge on any atom is -0.488 e. The molecule has 0 unspecified atom stereocenters. The number of hydrogen-bond acceptors (Lipinski definition) is 3. The molecule has 2 rings (SSSR count). The Bertz CT molecular complexity index is 454. The van der Waals surface area contributed by atoms with Crippen molar-refractivity contribution in [3.63, 3.8) is 0 Å². The highest BCUT2D eigenvalue weighted by Crippen LogP contribution is 2.29. The summed E-state index contributed by atoms with van der Waals surface area (Å²) in [6.45, 7) is 13.1. The lowest BCUT2D eigenvalue weighted by molar-refractivity contribution is 0.130. The van der Waals surface area contributed by atoms with Gasteiger partial charge in [-0.1, -0.05) is 38.3 Å². The topological polar surface area (TPSA) is 24.5 Å². The maximum atomic E-state index is 5.96. The Morgan fingerprint density at radius 2 is 1.64 bits per heavy atom. The van der Waals surface area contributed by atoms with Crippen LogP contribution in [0.1, 0.15) is 65.0 Å². The van der Waals surface area contributed by atoms with E-state index in [2.05, 4.69) is 62.2 Å². The Morgan fingerprint density at radius 3 is 2.16 bits per heavy atom. The molecular formula is C20H36Cl2N2O. The van der Waals surface area contributed by atoms with E-state index in [-0.39, 0.29) is 30.4 Å². The van der Waals surface area contributed by atoms with Gasteiger partial charge in [0.1, 0.15) is 11.4 Å². The third-order valence-electron chi connectivity index (χ3n) is 4.36. The van der Waals surface area contributed by atoms with Crippen LogP contribution >= 0.6 is 24.8 Å². The molecule has 1 aromatic carbocycles. The van der Waals surface area contributed by atoms with Gasteiger partial charge in [-0.05, 0) is 44.9 Å². The van der Waals surface area contributed by atoms with Gasteiger partial charge in [-0.15, -0.1) is 24.8 Å². The van der Waals surface area contributed by atoms with E-state index in [0.717, 1.165) is 31.9 Å². The molecule has 1 aliphatic heterocycles. The molecule has 1 fully saturated rings. The van der Waals surface area contributed by atoms with Crippen LogP contribution in [0.25, 0.3) is 0 Å². The van der Waals surface area contributed by atoms with Gasteiger partial charge in [0.2, 0.25) is 0 Å². The number of benzene rings is 1. The van der Waals surface area contributed by atoms with E-state index in [1.807, 2.05) is 0 Å². The normalized spacial score (nSPS) is 16.5. The van der Waals surface area contributed by atoms with Crippen LogP contribution < -0.4 is 10.1 Å². The highest BCUT2D eigenvalue weighted by molar-refractivity contribution is 5.85. The molecule has 25 heavy (non-hydrogen) atoms. The Morgan fingerprint density at radius 1 is 1.04 bits per heavy atom. The average molecular weight is 391 g/mol. The highest BCUT2D eigenvalue weighted by atomic mass is 35.5. The summed E-state index contributed by atoms with van der Waals surface area (Å²) >= 11 is 0. The van der Waals surface area contributed by atoms with Gasteiger partial charge in [0.05, 0.1) is 0 Å². The maximum Gasteiger partial charge on any atom is 0.120 e. The number of nitrogens with zero attached hydrogens (tertiary/aromatic N) is 1. The third kappa shape index (κ3) is 8.63. The lowest BCUT2D eigenvalue weighted by Crippen LogP contribution is -2.45. The molecule has 146 valence electrons. The first kappa shape index (κ1) is 24.5. The van der Waals surface area contributed by atoms with Crippen LogP contribution in [0.4, 0.5) is 0 Å². The van der Waals surface area contributed by atoms with E-state index in [0.29, 0.717) is 6.04 Å². The van der Waals surface area contributed by atoms with Crippen LogP contribution in [0.3, 0.4) is 0 Å². The standard InChI is InChI=1S/C20H34N2O.2ClH/c1-5-6-7-8-19(22-15-13-21-14-16-22)17-9-11-18(12-10-17)23-20(2,3)4;;/h9-12,19,21H,5-8,13-16H2,1-4H3;2*1H/t19-;;/m1../s1. The second-order valence-corrected chi connectivity index (χ2v) is 7.58. The van der Waals surface area contributed by atoms with E-state index >= 15 is 0 Å². The highest BCUT2D eigenvalue weighted by Gasteiger charge is 2.22. The number of ether oxygens (including phenoxy) is 1. The summed E-state index contributed by atoms with van der Waals surface area (Å²) in [4.78, 5) is 2.64. The molecule has 0 spiro atoms. The molecule has 5 heteroatoms. The van der Waals surface area contributed by atoms with Crippen LogP contribution in [0.5, 0.6) is 5.75 Å². The Kier molecular flexibility index (Phi) is 11.8. The second-order valence-electron chi connectivity index (χ2n) is 7.58. The molecule has 0 radical (unpaired) electrons. The molecule has 0 bridgehead atoms. The van der Waals surface area contributed by atoms with E-state index in [1.54, 1.807) is 0 Å². The van der Waals surface area contributed by atoms with Crippen LogP contribution in [-0.4, -0.2) is 36.7 Å². The van der Waals surface area contributed by atoms with Gasteiger partial charge in [-0.2, -0.15) is 0 Å². The lowest BCUT2D eigenvalue weighted by atomic mass is 9.98. The van der Waals surface area contributed by atoms with Gasteiger partial charge < -0.3 is 10.1 Å². The summed E-state index contributed by atoms with van der Waals surface area (Å²) in [6, 6.07) is 9.34. The van der Waals surface area contributed by atoms with Gasteiger partial charge in [0.25, 0.3) is 0 Å². The average Bonchev–Trinajstić information content (AvgIpc) is 2.52. The number of nitrogens with one attached hydrogen (secondary N) is 1. The summed E-state index contributed by atoms with van der Waals surface area (Å²) in [5.74, 6) is 0.967. The van der Waals surface area contributed by atoms with Gasteiger partial charge in [-0.3, -0.25) is 4.90 Å². The van der Waals surface area contributed by atoms with E-state index in [4.69, 9.17) is 4.74 Å². The summed E-state index contributed by atoms with van der Waals surface area (Å²) < 4.78 is 5.96. The fourth-order valence-electron chi connectivity index (χ4n) is 3.25. The zero-order valence-electron chi connectivity index (χ0n) is 16.2. The molecule has 1 atom stereocenters. The number of halogens is 2. The van der Waals surface area contributed by atoms with Crippen molar-refractivity contribution in [1.82, 2.24) is 10.2 Å². The zero-order chi connectivity index (χ0) is 16.7. The first-order valence-electron chi connectivity index (χ1n) is 9.23. The van der Waals surface area contributed by atoms with Crippen molar-refractivity contribution < 1.29 is 4.74 Å². The molecule has 1 saturated heterocycles. The van der Waals surface area contributed by atoms with Crippen molar-refractivity contribution in [2.24, 2.45) is 0 Å². The number of rotatable bonds is 7. The van der Waals surface area contributed by atoms with Crippen molar-refractivity contribution in [3.8, 4) is 5.75 Å². The molecule has 0 aliphatic carbocycles. The Labute approximate surface area is 166 Å². The summed E-state index contributed by atoms with van der Waals surface area (Å²) in [7, 11) is 0. The maximum absolute atomic E-state index is 5.96. The van der Waals surface area contributed by atoms with Crippen LogP contribution in [0.15, 0.2) is 24.3 Å². The van der Waals surface area contributed by atoms with Crippen molar-refractivity contribution in [1.29, 1.82) is 0 Å². The molecule has 1 N–H and O–H groups in total. The van der Waals surface area contributed by atoms with E-state index in [1.165, 1.54) is 31.2 Å². The number of unbranched alkanes of at least 4 members (excludes halogenated alkanes) is 2. The minimum absolute atomic E-state index is 0. The zero-order valence-corrected chi connectivity index (χ0v) is 17.8. The molecular weight excluding hydrogens is 355 g/mol. The summed E-state index contributed by atoms with van der Waals surface area (Å²) in [5.41, 5.74) is 1.30. The summed E-state index contributed by atoms with van der Waals surface area (Å²) in [5, 5.41) is 3.46. The Balaban J connectivity index is 0.00000288. The summed E-state index contributed by atoms with van der Waals surface area (Å²) in [6.07, 6.45) is 5.18. The van der Waals surface area contributed by atoms with E-state index < -0.39 is 0 Å². The minimum atomic E-state index is -0.138. The van der Waals surface area contributed by atoms with Crippen molar-refractivity contribution in [3.05, 3.63) is 29.8 Å². The predicted molar refractivity (Wildman–Crippen MR) is 113 cm³/mol. The van der Waals surface area contributed by atoms with Crippen molar-refractivity contribution >= 4 is 24.8 Å². The molecule has 0 aromatic heterocycles. The number of piperazine rings is 1. The van der Waals surface area contributed by atoms with Gasteiger partial charge in [-0.25, -0.2) is 0 Å². The Hall–Kier alpha value is -0.480. The first-order valence-corrected chi connectivity index (χ1v) is 9.23. The van der Waals surface area contributed by atoms with Crippen LogP contribution in [0.2, 0.25) is 0 Å². The molecule has 3 nitrogen and oxygen atoms in total. The van der Waals surface area contributed by atoms with Crippen LogP contribution in [0, 0.1) is 0 Å². The molecule has 1 heterocycles. The van der Waals surface area contributed by atoms with Crippen molar-refractivity contribution in [2.75, 3.05) is 26.2 Å².